The van der Waals surface area contributed by atoms with Gasteiger partial charge in [0, 0.05) is 53.1 Å². The fraction of sp³-hybridized carbons (Fsp3) is 0.160. The zero-order valence-electron chi connectivity index (χ0n) is 18.2. The molecule has 0 fully saturated rings. The van der Waals surface area contributed by atoms with Crippen LogP contribution < -0.4 is 5.32 Å². The first-order valence-corrected chi connectivity index (χ1v) is 11.8. The van der Waals surface area contributed by atoms with Gasteiger partial charge >= 0.3 is 0 Å². The van der Waals surface area contributed by atoms with Crippen LogP contribution in [0.1, 0.15) is 16.2 Å². The van der Waals surface area contributed by atoms with Gasteiger partial charge in [-0.2, -0.15) is 0 Å². The van der Waals surface area contributed by atoms with Crippen molar-refractivity contribution in [3.8, 4) is 5.69 Å². The zero-order valence-corrected chi connectivity index (χ0v) is 19.1. The number of fused-ring (bicyclic) bond motifs is 3. The topological polar surface area (TPSA) is 64.7 Å². The molecule has 0 saturated carbocycles. The average Bonchev–Trinajstić information content (AvgIpc) is 3.38. The number of carbonyl (C=O) groups is 1. The smallest absolute Gasteiger partial charge is 0.251 e. The second-order valence-electron chi connectivity index (χ2n) is 7.73. The van der Waals surface area contributed by atoms with Gasteiger partial charge < -0.3 is 9.88 Å². The number of benzene rings is 3. The van der Waals surface area contributed by atoms with Crippen molar-refractivity contribution in [2.24, 2.45) is 7.05 Å². The second kappa shape index (κ2) is 8.71. The van der Waals surface area contributed by atoms with E-state index in [9.17, 15) is 9.18 Å². The summed E-state index contributed by atoms with van der Waals surface area (Å²) in [6.45, 7) is 0.403. The van der Waals surface area contributed by atoms with Crippen molar-refractivity contribution in [1.29, 1.82) is 0 Å². The molecule has 5 rings (SSSR count). The highest BCUT2D eigenvalue weighted by Gasteiger charge is 2.15. The number of nitrogens with one attached hydrogen (secondary N) is 1. The van der Waals surface area contributed by atoms with Crippen molar-refractivity contribution < 1.29 is 9.18 Å². The number of aryl methyl sites for hydroxylation is 1. The van der Waals surface area contributed by atoms with Crippen LogP contribution in [0.15, 0.2) is 71.9 Å². The summed E-state index contributed by atoms with van der Waals surface area (Å²) < 4.78 is 17.4. The molecule has 0 bridgehead atoms. The monoisotopic (exact) mass is 459 g/mol. The minimum Gasteiger partial charge on any atom is -0.352 e. The van der Waals surface area contributed by atoms with Crippen LogP contribution in [0.4, 0.5) is 4.39 Å². The molecule has 5 aromatic rings. The summed E-state index contributed by atoms with van der Waals surface area (Å²) in [5.74, 6) is 0.271. The molecule has 6 nitrogen and oxygen atoms in total. The number of nitrogens with zero attached hydrogens (tertiary/aromatic N) is 4. The molecular weight excluding hydrogens is 437 g/mol. The Morgan fingerprint density at radius 2 is 1.76 bits per heavy atom. The first-order valence-electron chi connectivity index (χ1n) is 10.6. The summed E-state index contributed by atoms with van der Waals surface area (Å²) in [6, 6.07) is 20.2. The van der Waals surface area contributed by atoms with Gasteiger partial charge in [-0.3, -0.25) is 9.36 Å². The second-order valence-corrected chi connectivity index (χ2v) is 8.50. The number of para-hydroxylation sites is 1. The lowest BCUT2D eigenvalue weighted by Crippen LogP contribution is -2.26. The van der Waals surface area contributed by atoms with Gasteiger partial charge in [0.05, 0.1) is 0 Å². The third kappa shape index (κ3) is 3.87. The van der Waals surface area contributed by atoms with Crippen LogP contribution in [0, 0.1) is 5.82 Å². The molecule has 3 aromatic carbocycles. The normalized spacial score (nSPS) is 11.4. The summed E-state index contributed by atoms with van der Waals surface area (Å²) >= 11 is 1.46. The van der Waals surface area contributed by atoms with E-state index in [1.165, 1.54) is 23.9 Å². The van der Waals surface area contributed by atoms with Crippen LogP contribution in [0.25, 0.3) is 27.5 Å². The lowest BCUT2D eigenvalue weighted by Gasteiger charge is -2.10. The number of hydrogen-bond donors (Lipinski definition) is 1. The minimum atomic E-state index is -0.297. The highest BCUT2D eigenvalue weighted by atomic mass is 32.2. The van der Waals surface area contributed by atoms with Gasteiger partial charge in [-0.05, 0) is 54.8 Å². The molecular formula is C25H22FN5OS. The number of hydrogen-bond acceptors (Lipinski definition) is 4. The molecule has 1 amide bonds. The van der Waals surface area contributed by atoms with Gasteiger partial charge in [0.25, 0.3) is 5.91 Å². The van der Waals surface area contributed by atoms with Crippen LogP contribution in [0.3, 0.4) is 0 Å². The van der Waals surface area contributed by atoms with E-state index in [2.05, 4.69) is 32.2 Å². The molecule has 0 aliphatic rings. The molecule has 0 saturated heterocycles. The maximum Gasteiger partial charge on any atom is 0.251 e. The summed E-state index contributed by atoms with van der Waals surface area (Å²) in [7, 11) is 2.03. The maximum absolute atomic E-state index is 13.4. The van der Waals surface area contributed by atoms with E-state index < -0.39 is 0 Å². The molecule has 166 valence electrons. The van der Waals surface area contributed by atoms with E-state index in [4.69, 9.17) is 0 Å². The molecule has 0 spiro atoms. The van der Waals surface area contributed by atoms with E-state index in [-0.39, 0.29) is 11.7 Å². The van der Waals surface area contributed by atoms with Gasteiger partial charge in [-0.1, -0.05) is 30.0 Å². The lowest BCUT2D eigenvalue weighted by atomic mass is 10.1. The Kier molecular flexibility index (Phi) is 5.60. The maximum atomic E-state index is 13.4. The number of amides is 1. The third-order valence-electron chi connectivity index (χ3n) is 5.78. The molecule has 0 atom stereocenters. The summed E-state index contributed by atoms with van der Waals surface area (Å²) in [4.78, 5) is 12.9. The number of halogens is 1. The number of rotatable bonds is 6. The van der Waals surface area contributed by atoms with Crippen molar-refractivity contribution in [3.63, 3.8) is 0 Å². The van der Waals surface area contributed by atoms with Crippen LogP contribution >= 0.6 is 11.8 Å². The van der Waals surface area contributed by atoms with Crippen LogP contribution in [0.5, 0.6) is 0 Å². The SMILES string of the molecule is CSc1nnc(CCNC(=O)c2ccc3c(c2)c2ccccc2n3C)n1-c1ccc(F)cc1. The van der Waals surface area contributed by atoms with Gasteiger partial charge in [-0.25, -0.2) is 4.39 Å². The highest BCUT2D eigenvalue weighted by Crippen LogP contribution is 2.28. The van der Waals surface area contributed by atoms with Crippen LogP contribution in [-0.4, -0.2) is 38.0 Å². The molecule has 0 radical (unpaired) electrons. The van der Waals surface area contributed by atoms with Gasteiger partial charge in [0.2, 0.25) is 0 Å². The summed E-state index contributed by atoms with van der Waals surface area (Å²) in [5.41, 5.74) is 3.62. The first-order chi connectivity index (χ1) is 16.1. The average molecular weight is 460 g/mol. The highest BCUT2D eigenvalue weighted by molar-refractivity contribution is 7.98. The summed E-state index contributed by atoms with van der Waals surface area (Å²) in [5, 5.41) is 14.4. The molecule has 1 N–H and O–H groups in total. The van der Waals surface area contributed by atoms with E-state index in [0.717, 1.165) is 27.5 Å². The minimum absolute atomic E-state index is 0.136. The molecule has 0 unspecified atom stereocenters. The quantitative estimate of drug-likeness (QED) is 0.373. The lowest BCUT2D eigenvalue weighted by molar-refractivity contribution is 0.0954. The van der Waals surface area contributed by atoms with Gasteiger partial charge in [0.1, 0.15) is 11.6 Å². The number of carbonyl (C=O) groups excluding carboxylic acids is 1. The van der Waals surface area contributed by atoms with Crippen molar-refractivity contribution in [2.75, 3.05) is 12.8 Å². The van der Waals surface area contributed by atoms with Gasteiger partial charge in [-0.15, -0.1) is 10.2 Å². The predicted molar refractivity (Wildman–Crippen MR) is 130 cm³/mol. The fourth-order valence-electron chi connectivity index (χ4n) is 4.14. The van der Waals surface area contributed by atoms with Crippen molar-refractivity contribution in [2.45, 2.75) is 11.6 Å². The van der Waals surface area contributed by atoms with E-state index in [1.54, 1.807) is 12.1 Å². The zero-order chi connectivity index (χ0) is 22.9. The fourth-order valence-corrected chi connectivity index (χ4v) is 4.66. The van der Waals surface area contributed by atoms with E-state index in [1.807, 2.05) is 48.2 Å². The molecule has 0 aliphatic heterocycles. The molecule has 8 heteroatoms. The third-order valence-corrected chi connectivity index (χ3v) is 6.41. The van der Waals surface area contributed by atoms with Crippen molar-refractivity contribution >= 4 is 39.5 Å². The Morgan fingerprint density at radius 3 is 2.55 bits per heavy atom. The molecule has 2 heterocycles. The predicted octanol–water partition coefficient (Wildman–Crippen LogP) is 4.75. The Balaban J connectivity index is 1.34. The van der Waals surface area contributed by atoms with Gasteiger partial charge in [0.15, 0.2) is 5.16 Å². The Labute approximate surface area is 194 Å². The molecule has 33 heavy (non-hydrogen) atoms. The van der Waals surface area contributed by atoms with E-state index >= 15 is 0 Å². The van der Waals surface area contributed by atoms with Crippen molar-refractivity contribution in [1.82, 2.24) is 24.6 Å². The molecule has 0 aliphatic carbocycles. The number of thioether (sulfide) groups is 1. The van der Waals surface area contributed by atoms with E-state index in [0.29, 0.717) is 29.5 Å². The Hall–Kier alpha value is -3.65. The van der Waals surface area contributed by atoms with Crippen molar-refractivity contribution in [3.05, 3.63) is 83.9 Å². The largest absolute Gasteiger partial charge is 0.352 e. The Morgan fingerprint density at radius 1 is 1.00 bits per heavy atom. The van der Waals surface area contributed by atoms with Crippen LogP contribution in [0.2, 0.25) is 0 Å². The first kappa shape index (κ1) is 21.2. The standard InChI is InChI=1S/C25H22FN5OS/c1-30-21-6-4-3-5-19(21)20-15-16(7-12-22(20)30)24(32)27-14-13-23-28-29-25(33-2)31(23)18-10-8-17(26)9-11-18/h3-12,15H,13-14H2,1-2H3,(H,27,32). The number of aromatic nitrogens is 4. The molecule has 2 aromatic heterocycles. The van der Waals surface area contributed by atoms with Crippen LogP contribution in [-0.2, 0) is 13.5 Å². The Bertz CT molecular complexity index is 1470. The summed E-state index contributed by atoms with van der Waals surface area (Å²) in [6.07, 6.45) is 2.41.